The fourth-order valence-electron chi connectivity index (χ4n) is 2.63. The number of carbonyl (C=O) groups excluding carboxylic acids is 2. The summed E-state index contributed by atoms with van der Waals surface area (Å²) in [4.78, 5) is 24.6. The predicted molar refractivity (Wildman–Crippen MR) is 92.1 cm³/mol. The molecule has 0 amide bonds. The number of benzene rings is 1. The minimum absolute atomic E-state index is 0.115. The average molecular weight is 350 g/mol. The van der Waals surface area contributed by atoms with Crippen LogP contribution in [0.3, 0.4) is 0 Å². The topological polar surface area (TPSA) is 57.5 Å². The van der Waals surface area contributed by atoms with Crippen LogP contribution in [0.5, 0.6) is 5.75 Å². The Morgan fingerprint density at radius 2 is 1.79 bits per heavy atom. The van der Waals surface area contributed by atoms with Crippen LogP contribution in [0.15, 0.2) is 24.3 Å². The van der Waals surface area contributed by atoms with E-state index in [0.29, 0.717) is 33.3 Å². The van der Waals surface area contributed by atoms with Gasteiger partial charge < -0.3 is 14.0 Å². The zero-order valence-electron chi connectivity index (χ0n) is 14.2. The molecular weight excluding hydrogens is 330 g/mol. The summed E-state index contributed by atoms with van der Waals surface area (Å²) in [7, 11) is 1.74. The van der Waals surface area contributed by atoms with Crippen molar-refractivity contribution < 1.29 is 19.1 Å². The van der Waals surface area contributed by atoms with Gasteiger partial charge in [0.05, 0.1) is 6.61 Å². The van der Waals surface area contributed by atoms with Crippen molar-refractivity contribution in [2.24, 2.45) is 7.05 Å². The zero-order valence-corrected chi connectivity index (χ0v) is 14.9. The number of halogens is 1. The van der Waals surface area contributed by atoms with Crippen molar-refractivity contribution >= 4 is 23.4 Å². The van der Waals surface area contributed by atoms with Crippen LogP contribution in [0.4, 0.5) is 0 Å². The molecule has 1 aromatic heterocycles. The first-order valence-corrected chi connectivity index (χ1v) is 7.99. The summed E-state index contributed by atoms with van der Waals surface area (Å²) < 4.78 is 12.3. The van der Waals surface area contributed by atoms with Gasteiger partial charge in [-0.15, -0.1) is 0 Å². The van der Waals surface area contributed by atoms with Crippen molar-refractivity contribution in [1.29, 1.82) is 0 Å². The lowest BCUT2D eigenvalue weighted by molar-refractivity contribution is 0.0514. The van der Waals surface area contributed by atoms with E-state index in [1.54, 1.807) is 56.7 Å². The van der Waals surface area contributed by atoms with Crippen LogP contribution < -0.4 is 4.74 Å². The minimum atomic E-state index is -0.432. The fourth-order valence-corrected chi connectivity index (χ4v) is 2.75. The Kier molecular flexibility index (Phi) is 5.67. The van der Waals surface area contributed by atoms with Gasteiger partial charge in [0.25, 0.3) is 0 Å². The summed E-state index contributed by atoms with van der Waals surface area (Å²) in [5, 5.41) is 0.600. The molecule has 0 aliphatic carbocycles. The summed E-state index contributed by atoms with van der Waals surface area (Å²) in [6.07, 6.45) is 0. The van der Waals surface area contributed by atoms with E-state index >= 15 is 0 Å². The summed E-state index contributed by atoms with van der Waals surface area (Å²) in [6.45, 7) is 5.45. The van der Waals surface area contributed by atoms with Crippen molar-refractivity contribution in [3.63, 3.8) is 0 Å². The number of Topliss-reactive ketones (excluding diaryl/α,β-unsaturated/α-hetero) is 1. The third-order valence-electron chi connectivity index (χ3n) is 3.86. The van der Waals surface area contributed by atoms with E-state index in [4.69, 9.17) is 21.1 Å². The third kappa shape index (κ3) is 3.62. The van der Waals surface area contributed by atoms with Gasteiger partial charge in [0.2, 0.25) is 5.78 Å². The van der Waals surface area contributed by atoms with E-state index in [0.717, 1.165) is 0 Å². The molecule has 0 atom stereocenters. The molecule has 2 rings (SSSR count). The molecular formula is C18H20ClNO4. The Hall–Kier alpha value is -2.27. The predicted octanol–water partition coefficient (Wildman–Crippen LogP) is 3.73. The van der Waals surface area contributed by atoms with Crippen LogP contribution >= 0.6 is 11.6 Å². The fraction of sp³-hybridized carbons (Fsp3) is 0.333. The van der Waals surface area contributed by atoms with Gasteiger partial charge in [-0.2, -0.15) is 0 Å². The number of esters is 1. The molecule has 1 heterocycles. The largest absolute Gasteiger partial charge is 0.485 e. The van der Waals surface area contributed by atoms with Crippen molar-refractivity contribution in [1.82, 2.24) is 4.57 Å². The SMILES string of the molecule is CCOC(=O)c1c(C)c(C(=O)COc2ccc(Cl)cc2)c(C)n1C. The molecule has 1 aromatic carbocycles. The van der Waals surface area contributed by atoms with E-state index in [9.17, 15) is 9.59 Å². The normalized spacial score (nSPS) is 10.5. The minimum Gasteiger partial charge on any atom is -0.485 e. The molecule has 0 fully saturated rings. The van der Waals surface area contributed by atoms with Gasteiger partial charge >= 0.3 is 5.97 Å². The number of rotatable bonds is 6. The first kappa shape index (κ1) is 18.1. The van der Waals surface area contributed by atoms with Crippen LogP contribution in [0.1, 0.15) is 39.0 Å². The van der Waals surface area contributed by atoms with Crippen LogP contribution in [-0.2, 0) is 11.8 Å². The smallest absolute Gasteiger partial charge is 0.355 e. The molecule has 0 bridgehead atoms. The molecule has 0 N–H and O–H groups in total. The Morgan fingerprint density at radius 3 is 2.38 bits per heavy atom. The lowest BCUT2D eigenvalue weighted by Crippen LogP contribution is -2.13. The van der Waals surface area contributed by atoms with Gasteiger partial charge in [0.15, 0.2) is 6.61 Å². The monoisotopic (exact) mass is 349 g/mol. The lowest BCUT2D eigenvalue weighted by atomic mass is 10.1. The molecule has 0 saturated carbocycles. The standard InChI is InChI=1S/C18H20ClNO4/c1-5-23-18(22)17-11(2)16(12(3)20(17)4)15(21)10-24-14-8-6-13(19)7-9-14/h6-9H,5,10H2,1-4H3. The molecule has 0 spiro atoms. The average Bonchev–Trinajstić information content (AvgIpc) is 2.76. The molecule has 6 heteroatoms. The van der Waals surface area contributed by atoms with Crippen LogP contribution in [-0.4, -0.2) is 29.5 Å². The number of hydrogen-bond donors (Lipinski definition) is 0. The van der Waals surface area contributed by atoms with E-state index in [-0.39, 0.29) is 19.0 Å². The maximum atomic E-state index is 12.6. The van der Waals surface area contributed by atoms with E-state index in [2.05, 4.69) is 0 Å². The Labute approximate surface area is 146 Å². The highest BCUT2D eigenvalue weighted by molar-refractivity contribution is 6.30. The van der Waals surface area contributed by atoms with Gasteiger partial charge in [-0.1, -0.05) is 11.6 Å². The highest BCUT2D eigenvalue weighted by Crippen LogP contribution is 2.23. The molecule has 128 valence electrons. The molecule has 0 aliphatic heterocycles. The van der Waals surface area contributed by atoms with E-state index < -0.39 is 5.97 Å². The molecule has 2 aromatic rings. The Morgan fingerprint density at radius 1 is 1.17 bits per heavy atom. The van der Waals surface area contributed by atoms with Crippen LogP contribution in [0, 0.1) is 13.8 Å². The Bertz CT molecular complexity index is 762. The number of aromatic nitrogens is 1. The van der Waals surface area contributed by atoms with E-state index in [1.807, 2.05) is 0 Å². The third-order valence-corrected chi connectivity index (χ3v) is 4.11. The molecule has 0 aliphatic rings. The maximum absolute atomic E-state index is 12.6. The van der Waals surface area contributed by atoms with Crippen molar-refractivity contribution in [2.75, 3.05) is 13.2 Å². The molecule has 0 radical (unpaired) electrons. The summed E-state index contributed by atoms with van der Waals surface area (Å²) in [5.74, 6) is -0.0611. The van der Waals surface area contributed by atoms with Gasteiger partial charge in [0.1, 0.15) is 11.4 Å². The Balaban J connectivity index is 2.21. The van der Waals surface area contributed by atoms with Crippen LogP contribution in [0.2, 0.25) is 5.02 Å². The lowest BCUT2D eigenvalue weighted by Gasteiger charge is -2.06. The first-order chi connectivity index (χ1) is 11.4. The number of ketones is 1. The van der Waals surface area contributed by atoms with Crippen molar-refractivity contribution in [3.8, 4) is 5.75 Å². The second kappa shape index (κ2) is 7.53. The highest BCUT2D eigenvalue weighted by Gasteiger charge is 2.25. The zero-order chi connectivity index (χ0) is 17.9. The number of nitrogens with zero attached hydrogens (tertiary/aromatic N) is 1. The highest BCUT2D eigenvalue weighted by atomic mass is 35.5. The van der Waals surface area contributed by atoms with Gasteiger partial charge in [-0.05, 0) is 50.6 Å². The van der Waals surface area contributed by atoms with Gasteiger partial charge in [-0.3, -0.25) is 4.79 Å². The molecule has 5 nitrogen and oxygen atoms in total. The quantitative estimate of drug-likeness (QED) is 0.589. The summed E-state index contributed by atoms with van der Waals surface area (Å²) in [5.41, 5.74) is 2.21. The molecule has 0 saturated heterocycles. The first-order valence-electron chi connectivity index (χ1n) is 7.61. The summed E-state index contributed by atoms with van der Waals surface area (Å²) in [6, 6.07) is 6.78. The number of ether oxygens (including phenoxy) is 2. The maximum Gasteiger partial charge on any atom is 0.355 e. The molecule has 0 unspecified atom stereocenters. The van der Waals surface area contributed by atoms with Gasteiger partial charge in [0, 0.05) is 23.3 Å². The van der Waals surface area contributed by atoms with Crippen molar-refractivity contribution in [2.45, 2.75) is 20.8 Å². The van der Waals surface area contributed by atoms with Crippen LogP contribution in [0.25, 0.3) is 0 Å². The van der Waals surface area contributed by atoms with Gasteiger partial charge in [-0.25, -0.2) is 4.79 Å². The van der Waals surface area contributed by atoms with E-state index in [1.165, 1.54) is 0 Å². The van der Waals surface area contributed by atoms with Crippen molar-refractivity contribution in [3.05, 3.63) is 51.8 Å². The second-order valence-corrected chi connectivity index (χ2v) is 5.82. The second-order valence-electron chi connectivity index (χ2n) is 5.38. The number of carbonyl (C=O) groups is 2. The molecule has 24 heavy (non-hydrogen) atoms. The number of hydrogen-bond acceptors (Lipinski definition) is 4. The summed E-state index contributed by atoms with van der Waals surface area (Å²) >= 11 is 5.82.